The highest BCUT2D eigenvalue weighted by Crippen LogP contribution is 2.56. The number of piperidine rings is 2. The normalized spacial score (nSPS) is 36.6. The third-order valence-corrected chi connectivity index (χ3v) is 8.52. The number of benzene rings is 1. The molecule has 27 heavy (non-hydrogen) atoms. The summed E-state index contributed by atoms with van der Waals surface area (Å²) in [5, 5.41) is 0. The lowest BCUT2D eigenvalue weighted by Crippen LogP contribution is -2.67. The quantitative estimate of drug-likeness (QED) is 0.698. The Hall–Kier alpha value is -1.84. The van der Waals surface area contributed by atoms with Gasteiger partial charge >= 0.3 is 6.03 Å². The summed E-state index contributed by atoms with van der Waals surface area (Å²) in [6, 6.07) is 9.49. The molecule has 0 saturated carbocycles. The molecule has 4 heteroatoms. The third-order valence-electron chi connectivity index (χ3n) is 8.52. The molecule has 1 unspecified atom stereocenters. The summed E-state index contributed by atoms with van der Waals surface area (Å²) in [5.41, 5.74) is 3.00. The summed E-state index contributed by atoms with van der Waals surface area (Å²) in [6.45, 7) is 7.91. The van der Waals surface area contributed by atoms with Crippen molar-refractivity contribution in [1.29, 1.82) is 0 Å². The molecule has 4 bridgehead atoms. The maximum Gasteiger partial charge on any atom is 0.320 e. The van der Waals surface area contributed by atoms with Gasteiger partial charge in [0.05, 0.1) is 0 Å². The molecule has 4 atom stereocenters. The van der Waals surface area contributed by atoms with E-state index in [2.05, 4.69) is 54.8 Å². The van der Waals surface area contributed by atoms with Gasteiger partial charge in [0.1, 0.15) is 5.78 Å². The Balaban J connectivity index is 1.50. The van der Waals surface area contributed by atoms with E-state index in [4.69, 9.17) is 0 Å². The number of likely N-dealkylation sites (tertiary alicyclic amines) is 1. The molecule has 4 aliphatic rings. The van der Waals surface area contributed by atoms with Crippen molar-refractivity contribution in [1.82, 2.24) is 9.80 Å². The van der Waals surface area contributed by atoms with Gasteiger partial charge in [0.2, 0.25) is 0 Å². The molecule has 1 aliphatic carbocycles. The van der Waals surface area contributed by atoms with Gasteiger partial charge in [0.25, 0.3) is 0 Å². The predicted octanol–water partition coefficient (Wildman–Crippen LogP) is 3.92. The van der Waals surface area contributed by atoms with Crippen molar-refractivity contribution in [3.8, 4) is 0 Å². The zero-order valence-corrected chi connectivity index (χ0v) is 16.7. The number of ketones is 1. The van der Waals surface area contributed by atoms with E-state index in [1.165, 1.54) is 11.1 Å². The van der Waals surface area contributed by atoms with Crippen molar-refractivity contribution in [3.63, 3.8) is 0 Å². The fourth-order valence-corrected chi connectivity index (χ4v) is 6.53. The lowest BCUT2D eigenvalue weighted by atomic mass is 9.51. The van der Waals surface area contributed by atoms with Gasteiger partial charge < -0.3 is 9.80 Å². The summed E-state index contributed by atoms with van der Waals surface area (Å²) in [7, 11) is 0. The molecule has 0 radical (unpaired) electrons. The SMILES string of the molecule is CC1(C)C2Cc3ccccc3[C@]1(C)CCN2C(=O)N1[C@@H]2CC[C@H]1CC(=O)C2. The van der Waals surface area contributed by atoms with E-state index < -0.39 is 0 Å². The van der Waals surface area contributed by atoms with Crippen LogP contribution in [0.4, 0.5) is 4.79 Å². The van der Waals surface area contributed by atoms with Crippen LogP contribution in [0.15, 0.2) is 24.3 Å². The first-order valence-electron chi connectivity index (χ1n) is 10.5. The maximum atomic E-state index is 13.7. The Labute approximate surface area is 161 Å². The average molecular weight is 367 g/mol. The van der Waals surface area contributed by atoms with E-state index in [-0.39, 0.29) is 35.0 Å². The Bertz CT molecular complexity index is 800. The standard InChI is InChI=1S/C23H30N2O2/c1-22(2)20-12-15-6-4-5-7-19(15)23(22,3)10-11-24(20)21(27)25-16-8-9-17(25)14-18(26)13-16/h4-7,16-17,20H,8-14H2,1-3H3/t16-,17+,20?,23-/m0/s1. The number of hydrogen-bond acceptors (Lipinski definition) is 2. The monoisotopic (exact) mass is 366 g/mol. The van der Waals surface area contributed by atoms with Crippen LogP contribution in [-0.2, 0) is 16.6 Å². The molecule has 144 valence electrons. The van der Waals surface area contributed by atoms with E-state index in [0.717, 1.165) is 32.2 Å². The summed E-state index contributed by atoms with van der Waals surface area (Å²) < 4.78 is 0. The van der Waals surface area contributed by atoms with Crippen LogP contribution in [0.1, 0.15) is 64.0 Å². The number of carbonyl (C=O) groups excluding carboxylic acids is 2. The van der Waals surface area contributed by atoms with Gasteiger partial charge in [-0.2, -0.15) is 0 Å². The molecule has 0 aromatic heterocycles. The fourth-order valence-electron chi connectivity index (χ4n) is 6.53. The lowest BCUT2D eigenvalue weighted by molar-refractivity contribution is -0.123. The van der Waals surface area contributed by atoms with Crippen LogP contribution in [0.2, 0.25) is 0 Å². The number of carbonyl (C=O) groups is 2. The molecule has 0 N–H and O–H groups in total. The molecular weight excluding hydrogens is 336 g/mol. The molecule has 2 amide bonds. The first kappa shape index (κ1) is 17.3. The molecular formula is C23H30N2O2. The molecule has 0 spiro atoms. The molecule has 1 aromatic carbocycles. The predicted molar refractivity (Wildman–Crippen MR) is 105 cm³/mol. The fraction of sp³-hybridized carbons (Fsp3) is 0.652. The topological polar surface area (TPSA) is 40.6 Å². The second-order valence-electron chi connectivity index (χ2n) is 9.90. The second-order valence-corrected chi connectivity index (χ2v) is 9.90. The van der Waals surface area contributed by atoms with Crippen LogP contribution in [0.25, 0.3) is 0 Å². The van der Waals surface area contributed by atoms with Gasteiger partial charge in [0.15, 0.2) is 0 Å². The lowest BCUT2D eigenvalue weighted by Gasteiger charge is -2.61. The summed E-state index contributed by atoms with van der Waals surface area (Å²) >= 11 is 0. The maximum absolute atomic E-state index is 13.7. The van der Waals surface area contributed by atoms with Crippen molar-refractivity contribution in [2.45, 2.75) is 82.8 Å². The van der Waals surface area contributed by atoms with Crippen molar-refractivity contribution >= 4 is 11.8 Å². The van der Waals surface area contributed by atoms with Crippen LogP contribution in [0.3, 0.4) is 0 Å². The van der Waals surface area contributed by atoms with Gasteiger partial charge in [-0.1, -0.05) is 45.0 Å². The number of rotatable bonds is 0. The molecule has 3 aliphatic heterocycles. The summed E-state index contributed by atoms with van der Waals surface area (Å²) in [5.74, 6) is 0.338. The Morgan fingerprint density at radius 1 is 1.04 bits per heavy atom. The Morgan fingerprint density at radius 3 is 2.41 bits per heavy atom. The van der Waals surface area contributed by atoms with Gasteiger partial charge in [-0.3, -0.25) is 4.79 Å². The second kappa shape index (κ2) is 5.59. The van der Waals surface area contributed by atoms with Gasteiger partial charge in [-0.15, -0.1) is 0 Å². The molecule has 3 saturated heterocycles. The minimum Gasteiger partial charge on any atom is -0.321 e. The molecule has 1 aromatic rings. The van der Waals surface area contributed by atoms with Crippen LogP contribution >= 0.6 is 0 Å². The van der Waals surface area contributed by atoms with Gasteiger partial charge in [0, 0.05) is 42.9 Å². The van der Waals surface area contributed by atoms with Gasteiger partial charge in [-0.05, 0) is 42.2 Å². The number of amides is 2. The van der Waals surface area contributed by atoms with E-state index in [9.17, 15) is 9.59 Å². The van der Waals surface area contributed by atoms with Crippen molar-refractivity contribution in [2.75, 3.05) is 6.54 Å². The van der Waals surface area contributed by atoms with Crippen LogP contribution in [0, 0.1) is 5.41 Å². The molecule has 3 heterocycles. The van der Waals surface area contributed by atoms with E-state index in [1.807, 2.05) is 0 Å². The molecule has 4 nitrogen and oxygen atoms in total. The Morgan fingerprint density at radius 2 is 1.70 bits per heavy atom. The average Bonchev–Trinajstić information content (AvgIpc) is 2.89. The third kappa shape index (κ3) is 2.22. The van der Waals surface area contributed by atoms with E-state index >= 15 is 0 Å². The summed E-state index contributed by atoms with van der Waals surface area (Å²) in [6.07, 6.45) is 5.04. The molecule has 5 rings (SSSR count). The first-order chi connectivity index (χ1) is 12.8. The minimum absolute atomic E-state index is 0.0277. The minimum atomic E-state index is 0.0277. The van der Waals surface area contributed by atoms with E-state index in [0.29, 0.717) is 18.6 Å². The highest BCUT2D eigenvalue weighted by atomic mass is 16.2. The number of hydrogen-bond donors (Lipinski definition) is 0. The van der Waals surface area contributed by atoms with Gasteiger partial charge in [-0.25, -0.2) is 4.79 Å². The molecule has 3 fully saturated rings. The number of urea groups is 1. The zero-order valence-electron chi connectivity index (χ0n) is 16.7. The number of fused-ring (bicyclic) bond motifs is 6. The van der Waals surface area contributed by atoms with Crippen molar-refractivity contribution < 1.29 is 9.59 Å². The van der Waals surface area contributed by atoms with Crippen molar-refractivity contribution in [3.05, 3.63) is 35.4 Å². The highest BCUT2D eigenvalue weighted by molar-refractivity contribution is 5.85. The number of nitrogens with zero attached hydrogens (tertiary/aromatic N) is 2. The largest absolute Gasteiger partial charge is 0.321 e. The first-order valence-corrected chi connectivity index (χ1v) is 10.5. The van der Waals surface area contributed by atoms with E-state index in [1.54, 1.807) is 0 Å². The zero-order chi connectivity index (χ0) is 19.0. The smallest absolute Gasteiger partial charge is 0.320 e. The van der Waals surface area contributed by atoms with Crippen LogP contribution < -0.4 is 0 Å². The Kier molecular flexibility index (Phi) is 3.57. The number of Topliss-reactive ketones (excluding diaryl/α,β-unsaturated/α-hetero) is 1. The summed E-state index contributed by atoms with van der Waals surface area (Å²) in [4.78, 5) is 29.9. The van der Waals surface area contributed by atoms with Crippen molar-refractivity contribution in [2.24, 2.45) is 5.41 Å². The van der Waals surface area contributed by atoms with Crippen LogP contribution in [-0.4, -0.2) is 46.3 Å². The highest BCUT2D eigenvalue weighted by Gasteiger charge is 2.58. The van der Waals surface area contributed by atoms with Crippen LogP contribution in [0.5, 0.6) is 0 Å².